The van der Waals surface area contributed by atoms with Gasteiger partial charge in [0.25, 0.3) is 0 Å². The molecule has 0 saturated heterocycles. The number of Topliss-reactive ketones (excluding diaryl/α,β-unsaturated/α-hetero) is 2. The van der Waals surface area contributed by atoms with Crippen molar-refractivity contribution in [1.82, 2.24) is 0 Å². The number of halogens is 2. The second kappa shape index (κ2) is 9.08. The van der Waals surface area contributed by atoms with Crippen molar-refractivity contribution in [3.05, 3.63) is 98.0 Å². The van der Waals surface area contributed by atoms with Gasteiger partial charge in [-0.3, -0.25) is 9.59 Å². The standard InChI is InChI=1S/C25H18BrClO4/c1-2-30-22-12-16(11-20-24(28)18-5-3-4-6-19(18)25(20)29)21(26)13-23(22)31-14-15-7-9-17(27)10-8-15/h3-13H,2,14H2,1H3. The molecule has 0 unspecified atom stereocenters. The van der Waals surface area contributed by atoms with Gasteiger partial charge in [0.2, 0.25) is 0 Å². The maximum absolute atomic E-state index is 12.7. The third-order valence-corrected chi connectivity index (χ3v) is 5.81. The minimum Gasteiger partial charge on any atom is -0.490 e. The highest BCUT2D eigenvalue weighted by Gasteiger charge is 2.32. The molecule has 0 N–H and O–H groups in total. The van der Waals surface area contributed by atoms with Gasteiger partial charge in [-0.15, -0.1) is 0 Å². The van der Waals surface area contributed by atoms with E-state index in [1.54, 1.807) is 42.5 Å². The molecule has 156 valence electrons. The lowest BCUT2D eigenvalue weighted by atomic mass is 10.1. The molecule has 0 amide bonds. The van der Waals surface area contributed by atoms with E-state index in [-0.39, 0.29) is 17.1 Å². The zero-order valence-electron chi connectivity index (χ0n) is 16.7. The molecule has 3 aromatic carbocycles. The van der Waals surface area contributed by atoms with Crippen molar-refractivity contribution in [3.8, 4) is 11.5 Å². The molecular weight excluding hydrogens is 480 g/mol. The van der Waals surface area contributed by atoms with E-state index in [4.69, 9.17) is 21.1 Å². The first kappa shape index (κ1) is 21.3. The van der Waals surface area contributed by atoms with Gasteiger partial charge < -0.3 is 9.47 Å². The van der Waals surface area contributed by atoms with Crippen LogP contribution in [0, 0.1) is 0 Å². The first-order chi connectivity index (χ1) is 15.0. The van der Waals surface area contributed by atoms with E-state index in [1.807, 2.05) is 31.2 Å². The highest BCUT2D eigenvalue weighted by molar-refractivity contribution is 9.10. The maximum atomic E-state index is 12.7. The van der Waals surface area contributed by atoms with Crippen LogP contribution in [-0.4, -0.2) is 18.2 Å². The third kappa shape index (κ3) is 4.43. The summed E-state index contributed by atoms with van der Waals surface area (Å²) in [7, 11) is 0. The topological polar surface area (TPSA) is 52.6 Å². The molecule has 4 nitrogen and oxygen atoms in total. The van der Waals surface area contributed by atoms with Gasteiger partial charge in [0, 0.05) is 20.6 Å². The highest BCUT2D eigenvalue weighted by atomic mass is 79.9. The minimum atomic E-state index is -0.270. The Hall–Kier alpha value is -2.89. The van der Waals surface area contributed by atoms with E-state index in [2.05, 4.69) is 15.9 Å². The van der Waals surface area contributed by atoms with Gasteiger partial charge in [-0.05, 0) is 48.4 Å². The molecule has 0 spiro atoms. The van der Waals surface area contributed by atoms with Crippen LogP contribution in [0.4, 0.5) is 0 Å². The van der Waals surface area contributed by atoms with Gasteiger partial charge in [-0.1, -0.05) is 63.9 Å². The maximum Gasteiger partial charge on any atom is 0.197 e. The molecule has 0 aromatic heterocycles. The molecule has 0 atom stereocenters. The van der Waals surface area contributed by atoms with Crippen molar-refractivity contribution >= 4 is 45.2 Å². The fourth-order valence-corrected chi connectivity index (χ4v) is 3.91. The number of hydrogen-bond acceptors (Lipinski definition) is 4. The smallest absolute Gasteiger partial charge is 0.197 e. The lowest BCUT2D eigenvalue weighted by Gasteiger charge is -2.14. The molecule has 31 heavy (non-hydrogen) atoms. The highest BCUT2D eigenvalue weighted by Crippen LogP contribution is 2.37. The molecule has 0 bridgehead atoms. The predicted octanol–water partition coefficient (Wildman–Crippen LogP) is 6.54. The Morgan fingerprint density at radius 2 is 1.52 bits per heavy atom. The molecule has 0 fully saturated rings. The van der Waals surface area contributed by atoms with Crippen molar-refractivity contribution in [3.63, 3.8) is 0 Å². The SMILES string of the molecule is CCOc1cc(C=C2C(=O)c3ccccc3C2=O)c(Br)cc1OCc1ccc(Cl)cc1. The third-order valence-electron chi connectivity index (χ3n) is 4.88. The van der Waals surface area contributed by atoms with Crippen LogP contribution in [0.3, 0.4) is 0 Å². The minimum absolute atomic E-state index is 0.138. The average molecular weight is 498 g/mol. The summed E-state index contributed by atoms with van der Waals surface area (Å²) in [6.07, 6.45) is 1.60. The summed E-state index contributed by atoms with van der Waals surface area (Å²) >= 11 is 9.46. The van der Waals surface area contributed by atoms with Crippen molar-refractivity contribution in [2.75, 3.05) is 6.61 Å². The van der Waals surface area contributed by atoms with Crippen LogP contribution in [0.5, 0.6) is 11.5 Å². The molecule has 1 aliphatic rings. The van der Waals surface area contributed by atoms with Crippen LogP contribution in [-0.2, 0) is 6.61 Å². The molecule has 0 radical (unpaired) electrons. The lowest BCUT2D eigenvalue weighted by Crippen LogP contribution is -2.02. The first-order valence-electron chi connectivity index (χ1n) is 9.71. The number of ketones is 2. The molecular formula is C25H18BrClO4. The Morgan fingerprint density at radius 3 is 2.13 bits per heavy atom. The van der Waals surface area contributed by atoms with Crippen LogP contribution < -0.4 is 9.47 Å². The Bertz CT molecular complexity index is 1160. The van der Waals surface area contributed by atoms with Gasteiger partial charge >= 0.3 is 0 Å². The van der Waals surface area contributed by atoms with Crippen LogP contribution >= 0.6 is 27.5 Å². The van der Waals surface area contributed by atoms with E-state index >= 15 is 0 Å². The fourth-order valence-electron chi connectivity index (χ4n) is 3.34. The van der Waals surface area contributed by atoms with E-state index in [9.17, 15) is 9.59 Å². The van der Waals surface area contributed by atoms with Crippen molar-refractivity contribution in [1.29, 1.82) is 0 Å². The zero-order chi connectivity index (χ0) is 22.0. The molecule has 4 rings (SSSR count). The van der Waals surface area contributed by atoms with Gasteiger partial charge in [-0.2, -0.15) is 0 Å². The quantitative estimate of drug-likeness (QED) is 0.286. The summed E-state index contributed by atoms with van der Waals surface area (Å²) < 4.78 is 12.4. The van der Waals surface area contributed by atoms with E-state index in [1.165, 1.54) is 0 Å². The monoisotopic (exact) mass is 496 g/mol. The zero-order valence-corrected chi connectivity index (χ0v) is 19.0. The van der Waals surface area contributed by atoms with Crippen molar-refractivity contribution in [2.24, 2.45) is 0 Å². The normalized spacial score (nSPS) is 12.7. The molecule has 0 saturated carbocycles. The van der Waals surface area contributed by atoms with Crippen LogP contribution in [0.25, 0.3) is 6.08 Å². The first-order valence-corrected chi connectivity index (χ1v) is 10.9. The number of hydrogen-bond donors (Lipinski definition) is 0. The van der Waals surface area contributed by atoms with E-state index < -0.39 is 0 Å². The molecule has 1 aliphatic carbocycles. The summed E-state index contributed by atoms with van der Waals surface area (Å²) in [5.41, 5.74) is 2.63. The molecule has 3 aromatic rings. The number of allylic oxidation sites excluding steroid dienone is 1. The van der Waals surface area contributed by atoms with E-state index in [0.29, 0.717) is 50.9 Å². The Kier molecular flexibility index (Phi) is 6.25. The van der Waals surface area contributed by atoms with Gasteiger partial charge in [0.15, 0.2) is 23.1 Å². The number of fused-ring (bicyclic) bond motifs is 1. The van der Waals surface area contributed by atoms with Crippen LogP contribution in [0.1, 0.15) is 38.8 Å². The summed E-state index contributed by atoms with van der Waals surface area (Å²) in [5, 5.41) is 0.664. The lowest BCUT2D eigenvalue weighted by molar-refractivity contribution is 0.0990. The average Bonchev–Trinajstić information content (AvgIpc) is 3.01. The van der Waals surface area contributed by atoms with Crippen LogP contribution in [0.2, 0.25) is 5.02 Å². The van der Waals surface area contributed by atoms with Crippen molar-refractivity contribution in [2.45, 2.75) is 13.5 Å². The van der Waals surface area contributed by atoms with Gasteiger partial charge in [0.05, 0.1) is 12.2 Å². The number of ether oxygens (including phenoxy) is 2. The predicted molar refractivity (Wildman–Crippen MR) is 124 cm³/mol. The summed E-state index contributed by atoms with van der Waals surface area (Å²) in [4.78, 5) is 25.4. The number of rotatable bonds is 6. The van der Waals surface area contributed by atoms with E-state index in [0.717, 1.165) is 5.56 Å². The number of carbonyl (C=O) groups excluding carboxylic acids is 2. The molecule has 6 heteroatoms. The largest absolute Gasteiger partial charge is 0.490 e. The van der Waals surface area contributed by atoms with Gasteiger partial charge in [-0.25, -0.2) is 0 Å². The van der Waals surface area contributed by atoms with Gasteiger partial charge in [0.1, 0.15) is 6.61 Å². The second-order valence-electron chi connectivity index (χ2n) is 6.93. The number of benzene rings is 3. The summed E-state index contributed by atoms with van der Waals surface area (Å²) in [5.74, 6) is 0.544. The number of carbonyl (C=O) groups is 2. The molecule has 0 heterocycles. The second-order valence-corrected chi connectivity index (χ2v) is 8.22. The Morgan fingerprint density at radius 1 is 0.903 bits per heavy atom. The Labute approximate surface area is 193 Å². The Balaban J connectivity index is 1.64. The van der Waals surface area contributed by atoms with Crippen molar-refractivity contribution < 1.29 is 19.1 Å². The molecule has 0 aliphatic heterocycles. The summed E-state index contributed by atoms with van der Waals surface area (Å²) in [6.45, 7) is 2.67. The fraction of sp³-hybridized carbons (Fsp3) is 0.120. The summed E-state index contributed by atoms with van der Waals surface area (Å²) in [6, 6.07) is 17.8. The van der Waals surface area contributed by atoms with Crippen LogP contribution in [0.15, 0.2) is 70.7 Å².